The number of ether oxygens (including phenoxy) is 2. The molecular weight excluding hydrogens is 316 g/mol. The normalized spacial score (nSPS) is 13.5. The zero-order valence-corrected chi connectivity index (χ0v) is 13.4. The first kappa shape index (κ1) is 13.8. The molecule has 0 bridgehead atoms. The van der Waals surface area contributed by atoms with Gasteiger partial charge in [-0.1, -0.05) is 12.1 Å². The Morgan fingerprint density at radius 2 is 1.79 bits per heavy atom. The summed E-state index contributed by atoms with van der Waals surface area (Å²) in [6.07, 6.45) is -0.985. The maximum atomic E-state index is 14.3. The standard InChI is InChI=1S/C18H19F2NO3/c1-18(2,3)24-17(22)21-16-14(19)9-12(10-15(16)20)11-6-5-7-13(8-11)23-4/h5-10H,1-4H3,(H,21,22)/i4D3. The van der Waals surface area contributed by atoms with Crippen molar-refractivity contribution >= 4 is 11.8 Å². The molecule has 0 atom stereocenters. The molecule has 0 aliphatic heterocycles. The molecule has 1 amide bonds. The highest BCUT2D eigenvalue weighted by Gasteiger charge is 2.20. The minimum atomic E-state index is -2.64. The number of hydrogen-bond acceptors (Lipinski definition) is 3. The molecule has 128 valence electrons. The third kappa shape index (κ3) is 4.44. The van der Waals surface area contributed by atoms with Crippen molar-refractivity contribution < 1.29 is 27.2 Å². The molecule has 0 fully saturated rings. The number of rotatable bonds is 3. The van der Waals surface area contributed by atoms with Gasteiger partial charge in [0.25, 0.3) is 0 Å². The van der Waals surface area contributed by atoms with E-state index < -0.39 is 36.1 Å². The van der Waals surface area contributed by atoms with Gasteiger partial charge in [0.2, 0.25) is 0 Å². The third-order valence-corrected chi connectivity index (χ3v) is 2.95. The van der Waals surface area contributed by atoms with Crippen molar-refractivity contribution in [1.29, 1.82) is 0 Å². The second-order valence-corrected chi connectivity index (χ2v) is 6.07. The Morgan fingerprint density at radius 3 is 2.38 bits per heavy atom. The Bertz CT molecular complexity index is 825. The van der Waals surface area contributed by atoms with Crippen molar-refractivity contribution in [2.45, 2.75) is 26.4 Å². The van der Waals surface area contributed by atoms with Crippen LogP contribution in [0, 0.1) is 11.6 Å². The van der Waals surface area contributed by atoms with E-state index in [9.17, 15) is 13.6 Å². The lowest BCUT2D eigenvalue weighted by Gasteiger charge is -2.20. The Hall–Kier alpha value is -2.63. The van der Waals surface area contributed by atoms with E-state index in [-0.39, 0.29) is 11.3 Å². The lowest BCUT2D eigenvalue weighted by molar-refractivity contribution is 0.0634. The second-order valence-electron chi connectivity index (χ2n) is 6.07. The number of methoxy groups -OCH3 is 1. The third-order valence-electron chi connectivity index (χ3n) is 2.95. The van der Waals surface area contributed by atoms with Crippen molar-refractivity contribution in [3.05, 3.63) is 48.0 Å². The molecular formula is C18H19F2NO3. The van der Waals surface area contributed by atoms with E-state index >= 15 is 0 Å². The second kappa shape index (κ2) is 6.86. The Labute approximate surface area is 143 Å². The number of carbonyl (C=O) groups excluding carboxylic acids is 1. The van der Waals surface area contributed by atoms with Crippen molar-refractivity contribution in [3.8, 4) is 16.9 Å². The molecule has 0 aromatic heterocycles. The average Bonchev–Trinajstić information content (AvgIpc) is 2.47. The van der Waals surface area contributed by atoms with E-state index in [4.69, 9.17) is 13.6 Å². The van der Waals surface area contributed by atoms with Crippen molar-refractivity contribution in [1.82, 2.24) is 0 Å². The van der Waals surface area contributed by atoms with Gasteiger partial charge in [-0.15, -0.1) is 0 Å². The number of anilines is 1. The highest BCUT2D eigenvalue weighted by molar-refractivity contribution is 5.86. The number of benzene rings is 2. The van der Waals surface area contributed by atoms with Gasteiger partial charge in [0.1, 0.15) is 28.7 Å². The summed E-state index contributed by atoms with van der Waals surface area (Å²) in [5.41, 5.74) is -0.961. The number of amides is 1. The molecule has 24 heavy (non-hydrogen) atoms. The summed E-state index contributed by atoms with van der Waals surface area (Å²) in [5, 5.41) is 2.05. The lowest BCUT2D eigenvalue weighted by atomic mass is 10.0. The molecule has 0 aliphatic rings. The van der Waals surface area contributed by atoms with Gasteiger partial charge in [-0.05, 0) is 56.2 Å². The van der Waals surface area contributed by atoms with Gasteiger partial charge in [0.15, 0.2) is 0 Å². The van der Waals surface area contributed by atoms with E-state index in [2.05, 4.69) is 0 Å². The van der Waals surface area contributed by atoms with E-state index in [1.54, 1.807) is 26.8 Å². The first-order valence-corrected chi connectivity index (χ1v) is 7.12. The summed E-state index contributed by atoms with van der Waals surface area (Å²) in [6, 6.07) is 7.84. The van der Waals surface area contributed by atoms with E-state index in [0.717, 1.165) is 12.1 Å². The molecule has 0 spiro atoms. The van der Waals surface area contributed by atoms with Gasteiger partial charge in [-0.25, -0.2) is 13.6 Å². The minimum absolute atomic E-state index is 0.0317. The number of hydrogen-bond donors (Lipinski definition) is 1. The van der Waals surface area contributed by atoms with Crippen LogP contribution in [0.5, 0.6) is 5.75 Å². The molecule has 0 unspecified atom stereocenters. The molecule has 2 rings (SSSR count). The van der Waals surface area contributed by atoms with Gasteiger partial charge in [-0.3, -0.25) is 5.32 Å². The molecule has 0 aliphatic carbocycles. The van der Waals surface area contributed by atoms with Gasteiger partial charge in [-0.2, -0.15) is 0 Å². The number of nitrogens with one attached hydrogen (secondary N) is 1. The smallest absolute Gasteiger partial charge is 0.412 e. The fourth-order valence-electron chi connectivity index (χ4n) is 2.00. The van der Waals surface area contributed by atoms with Crippen molar-refractivity contribution in [2.24, 2.45) is 0 Å². The highest BCUT2D eigenvalue weighted by atomic mass is 19.1. The summed E-state index contributed by atoms with van der Waals surface area (Å²) in [7, 11) is -2.64. The Morgan fingerprint density at radius 1 is 1.12 bits per heavy atom. The number of halogens is 2. The fraction of sp³-hybridized carbons (Fsp3) is 0.278. The predicted molar refractivity (Wildman–Crippen MR) is 88.2 cm³/mol. The first-order valence-electron chi connectivity index (χ1n) is 8.62. The Balaban J connectivity index is 2.29. The highest BCUT2D eigenvalue weighted by Crippen LogP contribution is 2.29. The van der Waals surface area contributed by atoms with Gasteiger partial charge in [0, 0.05) is 0 Å². The van der Waals surface area contributed by atoms with Crippen LogP contribution in [-0.2, 0) is 4.74 Å². The summed E-state index contributed by atoms with van der Waals surface area (Å²) in [4.78, 5) is 11.7. The predicted octanol–water partition coefficient (Wildman–Crippen LogP) is 4.99. The zero-order chi connectivity index (χ0) is 20.4. The zero-order valence-electron chi connectivity index (χ0n) is 16.4. The van der Waals surface area contributed by atoms with Gasteiger partial charge < -0.3 is 9.47 Å². The van der Waals surface area contributed by atoms with Crippen LogP contribution in [0.4, 0.5) is 19.3 Å². The molecule has 1 N–H and O–H groups in total. The van der Waals surface area contributed by atoms with E-state index in [1.165, 1.54) is 18.2 Å². The molecule has 6 heteroatoms. The molecule has 2 aromatic carbocycles. The van der Waals surface area contributed by atoms with E-state index in [0.29, 0.717) is 5.56 Å². The maximum absolute atomic E-state index is 14.3. The van der Waals surface area contributed by atoms with Crippen LogP contribution in [0.1, 0.15) is 24.9 Å². The maximum Gasteiger partial charge on any atom is 0.412 e. The minimum Gasteiger partial charge on any atom is -0.497 e. The van der Waals surface area contributed by atoms with Gasteiger partial charge in [0.05, 0.1) is 11.2 Å². The lowest BCUT2D eigenvalue weighted by Crippen LogP contribution is -2.27. The van der Waals surface area contributed by atoms with Crippen LogP contribution in [0.15, 0.2) is 36.4 Å². The first-order chi connectivity index (χ1) is 12.3. The van der Waals surface area contributed by atoms with Crippen LogP contribution >= 0.6 is 0 Å². The molecule has 0 heterocycles. The average molecular weight is 338 g/mol. The quantitative estimate of drug-likeness (QED) is 0.858. The summed E-state index contributed by atoms with van der Waals surface area (Å²) >= 11 is 0. The molecule has 0 saturated heterocycles. The van der Waals surface area contributed by atoms with Crippen molar-refractivity contribution in [3.63, 3.8) is 0 Å². The monoisotopic (exact) mass is 338 g/mol. The van der Waals surface area contributed by atoms with Crippen LogP contribution in [0.25, 0.3) is 11.1 Å². The van der Waals surface area contributed by atoms with Crippen LogP contribution < -0.4 is 10.1 Å². The van der Waals surface area contributed by atoms with E-state index in [1.807, 2.05) is 5.32 Å². The summed E-state index contributed by atoms with van der Waals surface area (Å²) in [5.74, 6) is -1.97. The largest absolute Gasteiger partial charge is 0.497 e. The molecule has 2 aromatic rings. The Kier molecular flexibility index (Phi) is 3.94. The van der Waals surface area contributed by atoms with Crippen LogP contribution in [0.3, 0.4) is 0 Å². The topological polar surface area (TPSA) is 47.6 Å². The molecule has 4 nitrogen and oxygen atoms in total. The SMILES string of the molecule is [2H]C([2H])([2H])Oc1cccc(-c2cc(F)c(NC(=O)OC(C)(C)C)c(F)c2)c1. The number of carbonyl (C=O) groups is 1. The summed E-state index contributed by atoms with van der Waals surface area (Å²) < 4.78 is 59.7. The van der Waals surface area contributed by atoms with Crippen molar-refractivity contribution in [2.75, 3.05) is 12.4 Å². The fourth-order valence-corrected chi connectivity index (χ4v) is 2.00. The van der Waals surface area contributed by atoms with Crippen LogP contribution in [0.2, 0.25) is 0 Å². The van der Waals surface area contributed by atoms with Gasteiger partial charge >= 0.3 is 6.09 Å². The molecule has 0 radical (unpaired) electrons. The van der Waals surface area contributed by atoms with Crippen LogP contribution in [-0.4, -0.2) is 18.7 Å². The summed E-state index contributed by atoms with van der Waals surface area (Å²) in [6.45, 7) is 4.87. The molecule has 0 saturated carbocycles.